The first-order valence-electron chi connectivity index (χ1n) is 6.05. The quantitative estimate of drug-likeness (QED) is 0.788. The number of rotatable bonds is 6. The zero-order valence-corrected chi connectivity index (χ0v) is 11.7. The van der Waals surface area contributed by atoms with Gasteiger partial charge >= 0.3 is 0 Å². The molecule has 0 saturated carbocycles. The summed E-state index contributed by atoms with van der Waals surface area (Å²) < 4.78 is 5.70. The third-order valence-corrected chi connectivity index (χ3v) is 2.94. The summed E-state index contributed by atoms with van der Waals surface area (Å²) >= 11 is 4.91. The smallest absolute Gasteiger partial charge is 0.122 e. The maximum Gasteiger partial charge on any atom is 0.122 e. The number of nitrogens with two attached hydrogens (primary N) is 1. The summed E-state index contributed by atoms with van der Waals surface area (Å²) in [6.45, 7) is 7.06. The Morgan fingerprint density at radius 3 is 2.59 bits per heavy atom. The summed E-state index contributed by atoms with van der Waals surface area (Å²) in [5, 5.41) is 0. The fourth-order valence-corrected chi connectivity index (χ4v) is 1.85. The molecule has 0 saturated heterocycles. The van der Waals surface area contributed by atoms with E-state index in [-0.39, 0.29) is 0 Å². The van der Waals surface area contributed by atoms with Crippen LogP contribution in [0, 0.1) is 13.8 Å². The van der Waals surface area contributed by atoms with Gasteiger partial charge in [0.2, 0.25) is 0 Å². The Morgan fingerprint density at radius 2 is 2.00 bits per heavy atom. The molecule has 0 fully saturated rings. The molecule has 3 heteroatoms. The van der Waals surface area contributed by atoms with Crippen molar-refractivity contribution in [1.29, 1.82) is 0 Å². The van der Waals surface area contributed by atoms with Crippen LogP contribution in [0.4, 0.5) is 0 Å². The average molecular weight is 251 g/mol. The Hall–Kier alpha value is -1.09. The van der Waals surface area contributed by atoms with E-state index in [0.29, 0.717) is 4.99 Å². The van der Waals surface area contributed by atoms with Crippen molar-refractivity contribution in [2.45, 2.75) is 40.0 Å². The second-order valence-electron chi connectivity index (χ2n) is 4.36. The van der Waals surface area contributed by atoms with Crippen molar-refractivity contribution in [1.82, 2.24) is 0 Å². The highest BCUT2D eigenvalue weighted by molar-refractivity contribution is 7.80. The van der Waals surface area contributed by atoms with Gasteiger partial charge in [0.1, 0.15) is 5.75 Å². The molecule has 2 nitrogen and oxygen atoms in total. The van der Waals surface area contributed by atoms with Gasteiger partial charge in [0.15, 0.2) is 0 Å². The molecule has 0 heterocycles. The molecule has 0 bridgehead atoms. The summed E-state index contributed by atoms with van der Waals surface area (Å²) in [4.78, 5) is 0.577. The minimum atomic E-state index is 0.577. The highest BCUT2D eigenvalue weighted by atomic mass is 32.1. The predicted octanol–water partition coefficient (Wildman–Crippen LogP) is 3.31. The van der Waals surface area contributed by atoms with Crippen LogP contribution in [0.5, 0.6) is 5.75 Å². The van der Waals surface area contributed by atoms with Gasteiger partial charge in [0, 0.05) is 6.42 Å². The van der Waals surface area contributed by atoms with Gasteiger partial charge in [-0.3, -0.25) is 0 Å². The van der Waals surface area contributed by atoms with Crippen LogP contribution >= 0.6 is 12.2 Å². The van der Waals surface area contributed by atoms with Gasteiger partial charge < -0.3 is 10.5 Å². The molecular formula is C14H21NOS. The number of benzene rings is 1. The molecule has 0 unspecified atom stereocenters. The molecule has 0 aromatic heterocycles. The van der Waals surface area contributed by atoms with Crippen molar-refractivity contribution in [2.75, 3.05) is 6.61 Å². The number of aryl methyl sites for hydroxylation is 3. The van der Waals surface area contributed by atoms with Gasteiger partial charge in [-0.1, -0.05) is 25.2 Å². The topological polar surface area (TPSA) is 35.2 Å². The van der Waals surface area contributed by atoms with Crippen LogP contribution in [-0.4, -0.2) is 11.6 Å². The molecule has 1 rings (SSSR count). The first-order chi connectivity index (χ1) is 8.04. The lowest BCUT2D eigenvalue weighted by Gasteiger charge is -2.13. The molecule has 1 aromatic rings. The molecule has 0 aliphatic rings. The van der Waals surface area contributed by atoms with Gasteiger partial charge in [-0.2, -0.15) is 0 Å². The van der Waals surface area contributed by atoms with Crippen LogP contribution in [0.15, 0.2) is 12.1 Å². The minimum absolute atomic E-state index is 0.577. The van der Waals surface area contributed by atoms with Crippen molar-refractivity contribution in [3.8, 4) is 5.75 Å². The van der Waals surface area contributed by atoms with Crippen molar-refractivity contribution in [3.05, 3.63) is 28.8 Å². The highest BCUT2D eigenvalue weighted by Gasteiger charge is 2.06. The summed E-state index contributed by atoms with van der Waals surface area (Å²) in [5.41, 5.74) is 9.27. The lowest BCUT2D eigenvalue weighted by Crippen LogP contribution is -2.09. The molecule has 0 radical (unpaired) electrons. The van der Waals surface area contributed by atoms with E-state index in [1.807, 2.05) is 0 Å². The van der Waals surface area contributed by atoms with E-state index < -0.39 is 0 Å². The molecule has 17 heavy (non-hydrogen) atoms. The number of hydrogen-bond donors (Lipinski definition) is 1. The summed E-state index contributed by atoms with van der Waals surface area (Å²) in [6, 6.07) is 4.29. The van der Waals surface area contributed by atoms with Crippen LogP contribution < -0.4 is 10.5 Å². The minimum Gasteiger partial charge on any atom is -0.493 e. The van der Waals surface area contributed by atoms with Crippen molar-refractivity contribution in [3.63, 3.8) is 0 Å². The van der Waals surface area contributed by atoms with E-state index in [2.05, 4.69) is 32.9 Å². The van der Waals surface area contributed by atoms with E-state index in [0.717, 1.165) is 31.6 Å². The van der Waals surface area contributed by atoms with Gasteiger partial charge in [0.25, 0.3) is 0 Å². The normalized spacial score (nSPS) is 10.3. The zero-order valence-electron chi connectivity index (χ0n) is 10.9. The summed E-state index contributed by atoms with van der Waals surface area (Å²) in [5.74, 6) is 0.989. The number of ether oxygens (including phenoxy) is 1. The lowest BCUT2D eigenvalue weighted by molar-refractivity contribution is 0.315. The van der Waals surface area contributed by atoms with Gasteiger partial charge in [-0.05, 0) is 49.4 Å². The molecule has 0 aliphatic heterocycles. The molecule has 0 spiro atoms. The Kier molecular flexibility index (Phi) is 5.42. The zero-order chi connectivity index (χ0) is 12.8. The van der Waals surface area contributed by atoms with Crippen molar-refractivity contribution < 1.29 is 4.74 Å². The first kappa shape index (κ1) is 14.0. The lowest BCUT2D eigenvalue weighted by atomic mass is 10.0. The Labute approximate surface area is 109 Å². The number of thiocarbonyl (C=S) groups is 1. The van der Waals surface area contributed by atoms with Gasteiger partial charge in [0.05, 0.1) is 11.6 Å². The molecule has 0 atom stereocenters. The summed E-state index contributed by atoms with van der Waals surface area (Å²) in [6.07, 6.45) is 2.71. The fourth-order valence-electron chi connectivity index (χ4n) is 1.74. The van der Waals surface area contributed by atoms with Crippen molar-refractivity contribution in [2.24, 2.45) is 5.73 Å². The maximum absolute atomic E-state index is 5.70. The van der Waals surface area contributed by atoms with Gasteiger partial charge in [-0.25, -0.2) is 0 Å². The Bertz CT molecular complexity index is 401. The fraction of sp³-hybridized carbons (Fsp3) is 0.500. The molecule has 2 N–H and O–H groups in total. The van der Waals surface area contributed by atoms with E-state index >= 15 is 0 Å². The van der Waals surface area contributed by atoms with Crippen LogP contribution in [-0.2, 0) is 6.42 Å². The van der Waals surface area contributed by atoms with Crippen LogP contribution in [0.25, 0.3) is 0 Å². The summed E-state index contributed by atoms with van der Waals surface area (Å²) in [7, 11) is 0. The van der Waals surface area contributed by atoms with Crippen LogP contribution in [0.3, 0.4) is 0 Å². The first-order valence-corrected chi connectivity index (χ1v) is 6.46. The van der Waals surface area contributed by atoms with E-state index in [1.165, 1.54) is 16.7 Å². The van der Waals surface area contributed by atoms with Crippen LogP contribution in [0.2, 0.25) is 0 Å². The molecule has 94 valence electrons. The third kappa shape index (κ3) is 4.35. The van der Waals surface area contributed by atoms with E-state index in [4.69, 9.17) is 22.7 Å². The largest absolute Gasteiger partial charge is 0.493 e. The molecular weight excluding hydrogens is 230 g/mol. The monoisotopic (exact) mass is 251 g/mol. The predicted molar refractivity (Wildman–Crippen MR) is 76.8 cm³/mol. The van der Waals surface area contributed by atoms with Gasteiger partial charge in [-0.15, -0.1) is 0 Å². The molecule has 1 aromatic carbocycles. The molecule has 0 aliphatic carbocycles. The third-order valence-electron chi connectivity index (χ3n) is 2.74. The SMILES string of the molecule is CCCOc1cc(C)c(CCC(N)=S)cc1C. The standard InChI is InChI=1S/C14H21NOS/c1-4-7-16-13-9-10(2)12(8-11(13)3)5-6-14(15)17/h8-9H,4-7H2,1-3H3,(H2,15,17). The second-order valence-corrected chi connectivity index (χ2v) is 4.88. The van der Waals surface area contributed by atoms with E-state index in [9.17, 15) is 0 Å². The number of hydrogen-bond acceptors (Lipinski definition) is 2. The van der Waals surface area contributed by atoms with E-state index in [1.54, 1.807) is 0 Å². The maximum atomic E-state index is 5.70. The molecule has 0 amide bonds. The van der Waals surface area contributed by atoms with Crippen molar-refractivity contribution >= 4 is 17.2 Å². The average Bonchev–Trinajstić information content (AvgIpc) is 2.27. The highest BCUT2D eigenvalue weighted by Crippen LogP contribution is 2.24. The second kappa shape index (κ2) is 6.60. The van der Waals surface area contributed by atoms with Crippen LogP contribution in [0.1, 0.15) is 36.5 Å². The Balaban J connectivity index is 2.81. The Morgan fingerprint density at radius 1 is 1.29 bits per heavy atom.